The molecule has 2 aromatic rings. The Kier molecular flexibility index (Phi) is 5.02. The van der Waals surface area contributed by atoms with E-state index < -0.39 is 0 Å². The Balaban J connectivity index is 2.64. The van der Waals surface area contributed by atoms with Crippen LogP contribution in [0.15, 0.2) is 12.1 Å². The van der Waals surface area contributed by atoms with Crippen molar-refractivity contribution in [3.05, 3.63) is 43.2 Å². The average Bonchev–Trinajstić information content (AvgIpc) is 2.34. The Morgan fingerprint density at radius 3 is 2.25 bits per heavy atom. The summed E-state index contributed by atoms with van der Waals surface area (Å²) >= 11 is 8.51. The fourth-order valence-corrected chi connectivity index (χ4v) is 3.21. The Bertz CT molecular complexity index is 630. The third-order valence-corrected chi connectivity index (χ3v) is 4.99. The summed E-state index contributed by atoms with van der Waals surface area (Å²) < 4.78 is 0.970. The molecule has 2 nitrogen and oxygen atoms in total. The Labute approximate surface area is 139 Å². The molecule has 4 heteroatoms. The van der Waals surface area contributed by atoms with Gasteiger partial charge < -0.3 is 0 Å². The molecule has 1 aromatic heterocycles. The molecule has 0 amide bonds. The Hall–Kier alpha value is -0.680. The summed E-state index contributed by atoms with van der Waals surface area (Å²) in [4.78, 5) is 9.23. The third-order valence-electron chi connectivity index (χ3n) is 3.27. The van der Waals surface area contributed by atoms with Crippen LogP contribution < -0.4 is 0 Å². The maximum Gasteiger partial charge on any atom is 0.161 e. The molecule has 0 N–H and O–H groups in total. The van der Waals surface area contributed by atoms with E-state index in [-0.39, 0.29) is 0 Å². The van der Waals surface area contributed by atoms with Gasteiger partial charge >= 0.3 is 0 Å². The van der Waals surface area contributed by atoms with E-state index in [0.29, 0.717) is 5.15 Å². The van der Waals surface area contributed by atoms with Gasteiger partial charge in [0.25, 0.3) is 0 Å². The van der Waals surface area contributed by atoms with Gasteiger partial charge in [-0.2, -0.15) is 0 Å². The second-order valence-electron chi connectivity index (χ2n) is 5.12. The number of hydrogen-bond donors (Lipinski definition) is 0. The fraction of sp³-hybridized carbons (Fsp3) is 0.375. The topological polar surface area (TPSA) is 25.8 Å². The van der Waals surface area contributed by atoms with Crippen LogP contribution in [0.2, 0.25) is 5.15 Å². The fourth-order valence-electron chi connectivity index (χ4n) is 2.51. The van der Waals surface area contributed by atoms with Gasteiger partial charge in [0, 0.05) is 5.56 Å². The zero-order chi connectivity index (χ0) is 14.9. The summed E-state index contributed by atoms with van der Waals surface area (Å²) in [5.41, 5.74) is 5.80. The molecular weight excluding hydrogens is 383 g/mol. The average molecular weight is 401 g/mol. The first-order valence-electron chi connectivity index (χ1n) is 6.74. The molecule has 2 rings (SSSR count). The summed E-state index contributed by atoms with van der Waals surface area (Å²) in [6.07, 6.45) is 1.98. The van der Waals surface area contributed by atoms with Crippen LogP contribution in [0.4, 0.5) is 0 Å². The van der Waals surface area contributed by atoms with Crippen LogP contribution in [0, 0.1) is 24.3 Å². The quantitative estimate of drug-likeness (QED) is 0.517. The van der Waals surface area contributed by atoms with Crippen molar-refractivity contribution in [2.24, 2.45) is 0 Å². The van der Waals surface area contributed by atoms with Crippen LogP contribution in [0.1, 0.15) is 35.7 Å². The second kappa shape index (κ2) is 6.39. The van der Waals surface area contributed by atoms with Crippen LogP contribution in [-0.4, -0.2) is 9.97 Å². The van der Waals surface area contributed by atoms with Gasteiger partial charge in [-0.15, -0.1) is 0 Å². The van der Waals surface area contributed by atoms with Gasteiger partial charge in [-0.3, -0.25) is 0 Å². The summed E-state index contributed by atoms with van der Waals surface area (Å²) in [6.45, 7) is 8.45. The van der Waals surface area contributed by atoms with Crippen LogP contribution >= 0.6 is 34.2 Å². The molecule has 0 aliphatic heterocycles. The minimum absolute atomic E-state index is 0.554. The number of aryl methyl sites for hydroxylation is 4. The number of nitrogens with zero attached hydrogens (tertiary/aromatic N) is 2. The first-order valence-corrected chi connectivity index (χ1v) is 8.19. The molecule has 0 aliphatic carbocycles. The van der Waals surface area contributed by atoms with Crippen molar-refractivity contribution >= 4 is 34.2 Å². The van der Waals surface area contributed by atoms with E-state index in [1.807, 2.05) is 0 Å². The highest BCUT2D eigenvalue weighted by Crippen LogP contribution is 2.29. The number of rotatable bonds is 3. The van der Waals surface area contributed by atoms with Crippen molar-refractivity contribution in [1.82, 2.24) is 9.97 Å². The van der Waals surface area contributed by atoms with Crippen molar-refractivity contribution in [3.63, 3.8) is 0 Å². The van der Waals surface area contributed by atoms with E-state index in [9.17, 15) is 0 Å². The molecule has 1 heterocycles. The molecule has 0 fully saturated rings. The zero-order valence-corrected chi connectivity index (χ0v) is 15.1. The molecule has 20 heavy (non-hydrogen) atoms. The van der Waals surface area contributed by atoms with Gasteiger partial charge in [-0.1, -0.05) is 42.6 Å². The molecule has 0 radical (unpaired) electrons. The smallest absolute Gasteiger partial charge is 0.161 e. The largest absolute Gasteiger partial charge is 0.232 e. The maximum absolute atomic E-state index is 6.28. The molecule has 0 bridgehead atoms. The van der Waals surface area contributed by atoms with Crippen molar-refractivity contribution in [1.29, 1.82) is 0 Å². The molecular formula is C16H18ClIN2. The Morgan fingerprint density at radius 2 is 1.70 bits per heavy atom. The van der Waals surface area contributed by atoms with E-state index in [1.54, 1.807) is 0 Å². The molecule has 0 saturated heterocycles. The lowest BCUT2D eigenvalue weighted by Gasteiger charge is -2.12. The highest BCUT2D eigenvalue weighted by molar-refractivity contribution is 14.1. The second-order valence-corrected chi connectivity index (χ2v) is 6.56. The van der Waals surface area contributed by atoms with Crippen molar-refractivity contribution < 1.29 is 0 Å². The molecule has 0 atom stereocenters. The van der Waals surface area contributed by atoms with Gasteiger partial charge in [0.05, 0.1) is 9.26 Å². The molecule has 1 aromatic carbocycles. The first kappa shape index (κ1) is 15.7. The van der Waals surface area contributed by atoms with E-state index in [2.05, 4.69) is 67.4 Å². The lowest BCUT2D eigenvalue weighted by atomic mass is 9.99. The summed E-state index contributed by atoms with van der Waals surface area (Å²) in [5, 5.41) is 0.554. The summed E-state index contributed by atoms with van der Waals surface area (Å²) in [7, 11) is 0. The number of hydrogen-bond acceptors (Lipinski definition) is 2. The zero-order valence-electron chi connectivity index (χ0n) is 12.2. The summed E-state index contributed by atoms with van der Waals surface area (Å²) in [6, 6.07) is 4.33. The molecule has 0 saturated carbocycles. The lowest BCUT2D eigenvalue weighted by Crippen LogP contribution is -2.03. The van der Waals surface area contributed by atoms with Gasteiger partial charge in [0.15, 0.2) is 5.82 Å². The lowest BCUT2D eigenvalue weighted by molar-refractivity contribution is 0.866. The highest BCUT2D eigenvalue weighted by atomic mass is 127. The molecule has 0 unspecified atom stereocenters. The van der Waals surface area contributed by atoms with Crippen LogP contribution in [-0.2, 0) is 6.42 Å². The van der Waals surface area contributed by atoms with Crippen LogP contribution in [0.3, 0.4) is 0 Å². The van der Waals surface area contributed by atoms with Crippen LogP contribution in [0.25, 0.3) is 11.4 Å². The molecule has 106 valence electrons. The first-order chi connectivity index (χ1) is 9.43. The maximum atomic E-state index is 6.28. The van der Waals surface area contributed by atoms with E-state index in [0.717, 1.165) is 33.5 Å². The molecule has 0 aliphatic rings. The monoisotopic (exact) mass is 400 g/mol. The van der Waals surface area contributed by atoms with E-state index in [4.69, 9.17) is 16.6 Å². The number of halogens is 2. The van der Waals surface area contributed by atoms with Crippen molar-refractivity contribution in [2.45, 2.75) is 40.5 Å². The standard InChI is InChI=1S/C16H18ClIN2/c1-5-6-12-14(18)15(17)20-16(19-12)13-10(3)7-9(2)8-11(13)4/h7-8H,5-6H2,1-4H3. The third kappa shape index (κ3) is 3.14. The van der Waals surface area contributed by atoms with Gasteiger partial charge in [-0.05, 0) is 60.9 Å². The predicted octanol–water partition coefficient (Wildman–Crippen LogP) is 5.28. The van der Waals surface area contributed by atoms with Crippen molar-refractivity contribution in [3.8, 4) is 11.4 Å². The Morgan fingerprint density at radius 1 is 1.10 bits per heavy atom. The number of benzene rings is 1. The normalized spacial score (nSPS) is 10.9. The van der Waals surface area contributed by atoms with Gasteiger partial charge in [0.2, 0.25) is 0 Å². The van der Waals surface area contributed by atoms with Crippen LogP contribution in [0.5, 0.6) is 0 Å². The molecule has 0 spiro atoms. The predicted molar refractivity (Wildman–Crippen MR) is 93.4 cm³/mol. The summed E-state index contributed by atoms with van der Waals surface area (Å²) in [5.74, 6) is 0.744. The number of aromatic nitrogens is 2. The highest BCUT2D eigenvalue weighted by Gasteiger charge is 2.15. The van der Waals surface area contributed by atoms with Gasteiger partial charge in [0.1, 0.15) is 5.15 Å². The van der Waals surface area contributed by atoms with Crippen molar-refractivity contribution in [2.75, 3.05) is 0 Å². The SMILES string of the molecule is CCCc1nc(-c2c(C)cc(C)cc2C)nc(Cl)c1I. The van der Waals surface area contributed by atoms with E-state index >= 15 is 0 Å². The minimum Gasteiger partial charge on any atom is -0.232 e. The van der Waals surface area contributed by atoms with E-state index in [1.165, 1.54) is 16.7 Å². The van der Waals surface area contributed by atoms with Gasteiger partial charge in [-0.25, -0.2) is 9.97 Å². The minimum atomic E-state index is 0.554.